The highest BCUT2D eigenvalue weighted by Crippen LogP contribution is 2.28. The number of para-hydroxylation sites is 1. The number of nitrogens with zero attached hydrogens (tertiary/aromatic N) is 1. The number of hydrogen-bond donors (Lipinski definition) is 4. The number of anilines is 4. The SMILES string of the molecule is N=C1c2ccoc2NCN1c1ccc(NC(=O)Nc2cccc(Oc3ccccc3)c2)cc1. The predicted molar refractivity (Wildman–Crippen MR) is 129 cm³/mol. The highest BCUT2D eigenvalue weighted by Gasteiger charge is 2.24. The number of furan rings is 1. The molecule has 3 aromatic carbocycles. The van der Waals surface area contributed by atoms with E-state index in [0.29, 0.717) is 41.1 Å². The van der Waals surface area contributed by atoms with Gasteiger partial charge in [0, 0.05) is 23.1 Å². The zero-order valence-electron chi connectivity index (χ0n) is 17.5. The van der Waals surface area contributed by atoms with Crippen molar-refractivity contribution in [3.63, 3.8) is 0 Å². The molecule has 0 unspecified atom stereocenters. The van der Waals surface area contributed by atoms with E-state index in [-0.39, 0.29) is 6.03 Å². The molecule has 0 saturated heterocycles. The van der Waals surface area contributed by atoms with Crippen LogP contribution >= 0.6 is 0 Å². The standard InChI is InChI=1S/C25H21N5O3/c26-23-22-13-14-32-24(22)27-16-30(23)19-11-9-17(10-12-19)28-25(31)29-18-5-4-8-21(15-18)33-20-6-2-1-3-7-20/h1-15,26-27H,16H2,(H2,28,29,31). The van der Waals surface area contributed by atoms with Gasteiger partial charge in [-0.3, -0.25) is 5.41 Å². The maximum atomic E-state index is 12.5. The van der Waals surface area contributed by atoms with E-state index in [1.54, 1.807) is 36.6 Å². The molecule has 2 amide bonds. The van der Waals surface area contributed by atoms with E-state index in [4.69, 9.17) is 14.6 Å². The Bertz CT molecular complexity index is 1280. The molecule has 0 aliphatic carbocycles. The Morgan fingerprint density at radius 2 is 1.67 bits per heavy atom. The van der Waals surface area contributed by atoms with Gasteiger partial charge in [-0.15, -0.1) is 0 Å². The van der Waals surface area contributed by atoms with Gasteiger partial charge < -0.3 is 30.0 Å². The minimum atomic E-state index is -0.366. The lowest BCUT2D eigenvalue weighted by Gasteiger charge is -2.29. The molecule has 0 radical (unpaired) electrons. The van der Waals surface area contributed by atoms with Gasteiger partial charge in [-0.05, 0) is 54.6 Å². The number of nitrogens with one attached hydrogen (secondary N) is 4. The third-order valence-electron chi connectivity index (χ3n) is 5.10. The van der Waals surface area contributed by atoms with E-state index in [0.717, 1.165) is 11.4 Å². The van der Waals surface area contributed by atoms with Crippen molar-refractivity contribution in [3.8, 4) is 11.5 Å². The first-order chi connectivity index (χ1) is 16.2. The molecular weight excluding hydrogens is 418 g/mol. The third kappa shape index (κ3) is 4.49. The largest absolute Gasteiger partial charge is 0.457 e. The van der Waals surface area contributed by atoms with Crippen LogP contribution in [0, 0.1) is 5.41 Å². The van der Waals surface area contributed by atoms with E-state index in [1.165, 1.54) is 0 Å². The molecule has 5 rings (SSSR count). The lowest BCUT2D eigenvalue weighted by Crippen LogP contribution is -2.39. The van der Waals surface area contributed by atoms with Gasteiger partial charge in [0.2, 0.25) is 5.88 Å². The van der Waals surface area contributed by atoms with Crippen LogP contribution in [0.1, 0.15) is 5.56 Å². The Labute approximate surface area is 190 Å². The molecule has 4 N–H and O–H groups in total. The van der Waals surface area contributed by atoms with Crippen LogP contribution in [0.4, 0.5) is 27.7 Å². The van der Waals surface area contributed by atoms with Crippen LogP contribution in [0.15, 0.2) is 95.6 Å². The summed E-state index contributed by atoms with van der Waals surface area (Å²) in [5.41, 5.74) is 2.78. The molecular formula is C25H21N5O3. The van der Waals surface area contributed by atoms with E-state index in [2.05, 4.69) is 16.0 Å². The van der Waals surface area contributed by atoms with Crippen molar-refractivity contribution in [2.24, 2.45) is 0 Å². The van der Waals surface area contributed by atoms with E-state index >= 15 is 0 Å². The van der Waals surface area contributed by atoms with Crippen molar-refractivity contribution in [1.29, 1.82) is 5.41 Å². The molecule has 0 atom stereocenters. The molecule has 33 heavy (non-hydrogen) atoms. The molecule has 0 saturated carbocycles. The number of urea groups is 1. The average Bonchev–Trinajstić information content (AvgIpc) is 3.31. The maximum Gasteiger partial charge on any atom is 0.323 e. The van der Waals surface area contributed by atoms with Crippen LogP contribution < -0.4 is 25.6 Å². The van der Waals surface area contributed by atoms with Gasteiger partial charge in [-0.25, -0.2) is 4.79 Å². The Morgan fingerprint density at radius 1 is 0.909 bits per heavy atom. The summed E-state index contributed by atoms with van der Waals surface area (Å²) in [7, 11) is 0. The van der Waals surface area contributed by atoms with Crippen LogP contribution in [-0.4, -0.2) is 18.5 Å². The van der Waals surface area contributed by atoms with Crippen molar-refractivity contribution in [1.82, 2.24) is 0 Å². The van der Waals surface area contributed by atoms with Crippen LogP contribution in [0.5, 0.6) is 11.5 Å². The summed E-state index contributed by atoms with van der Waals surface area (Å²) in [5.74, 6) is 2.31. The Morgan fingerprint density at radius 3 is 2.48 bits per heavy atom. The summed E-state index contributed by atoms with van der Waals surface area (Å²) in [4.78, 5) is 14.3. The first-order valence-corrected chi connectivity index (χ1v) is 10.3. The van der Waals surface area contributed by atoms with Crippen LogP contribution in [0.3, 0.4) is 0 Å². The van der Waals surface area contributed by atoms with Crippen molar-refractivity contribution >= 4 is 34.8 Å². The second-order valence-electron chi connectivity index (χ2n) is 7.34. The number of benzene rings is 3. The van der Waals surface area contributed by atoms with Crippen molar-refractivity contribution < 1.29 is 13.9 Å². The fourth-order valence-corrected chi connectivity index (χ4v) is 3.51. The Balaban J connectivity index is 1.20. The number of amides is 2. The van der Waals surface area contributed by atoms with Crippen molar-refractivity contribution in [3.05, 3.63) is 96.8 Å². The number of hydrogen-bond acceptors (Lipinski definition) is 5. The van der Waals surface area contributed by atoms with Gasteiger partial charge >= 0.3 is 6.03 Å². The normalized spacial score (nSPS) is 12.5. The predicted octanol–water partition coefficient (Wildman–Crippen LogP) is 5.93. The Hall–Kier alpha value is -4.72. The van der Waals surface area contributed by atoms with Crippen molar-refractivity contribution in [2.45, 2.75) is 0 Å². The first kappa shape index (κ1) is 20.2. The smallest absolute Gasteiger partial charge is 0.323 e. The lowest BCUT2D eigenvalue weighted by atomic mass is 10.2. The molecule has 8 nitrogen and oxygen atoms in total. The topological polar surface area (TPSA) is 103 Å². The van der Waals surface area contributed by atoms with E-state index in [9.17, 15) is 4.79 Å². The number of rotatable bonds is 5. The van der Waals surface area contributed by atoms with E-state index in [1.807, 2.05) is 59.5 Å². The Kier molecular flexibility index (Phi) is 5.38. The van der Waals surface area contributed by atoms with Crippen molar-refractivity contribution in [2.75, 3.05) is 27.5 Å². The number of ether oxygens (including phenoxy) is 1. The summed E-state index contributed by atoms with van der Waals surface area (Å²) < 4.78 is 11.1. The van der Waals surface area contributed by atoms with Gasteiger partial charge in [0.1, 0.15) is 17.3 Å². The number of carbonyl (C=O) groups excluding carboxylic acids is 1. The highest BCUT2D eigenvalue weighted by atomic mass is 16.5. The average molecular weight is 439 g/mol. The minimum absolute atomic E-state index is 0.355. The van der Waals surface area contributed by atoms with Crippen LogP contribution in [-0.2, 0) is 0 Å². The maximum absolute atomic E-state index is 12.5. The van der Waals surface area contributed by atoms with E-state index < -0.39 is 0 Å². The molecule has 0 bridgehead atoms. The fraction of sp³-hybridized carbons (Fsp3) is 0.0400. The van der Waals surface area contributed by atoms with Crippen LogP contribution in [0.2, 0.25) is 0 Å². The molecule has 0 fully saturated rings. The lowest BCUT2D eigenvalue weighted by molar-refractivity contribution is 0.262. The second kappa shape index (κ2) is 8.80. The summed E-state index contributed by atoms with van der Waals surface area (Å²) >= 11 is 0. The zero-order chi connectivity index (χ0) is 22.6. The molecule has 2 heterocycles. The summed E-state index contributed by atoms with van der Waals surface area (Å²) in [5, 5.41) is 17.2. The van der Waals surface area contributed by atoms with Gasteiger partial charge in [0.25, 0.3) is 0 Å². The molecule has 1 aromatic heterocycles. The monoisotopic (exact) mass is 439 g/mol. The molecule has 0 spiro atoms. The summed E-state index contributed by atoms with van der Waals surface area (Å²) in [6, 6.07) is 25.3. The van der Waals surface area contributed by atoms with Gasteiger partial charge in [-0.2, -0.15) is 0 Å². The van der Waals surface area contributed by atoms with Gasteiger partial charge in [0.15, 0.2) is 0 Å². The molecule has 8 heteroatoms. The highest BCUT2D eigenvalue weighted by molar-refractivity contribution is 6.12. The summed E-state index contributed by atoms with van der Waals surface area (Å²) in [6.45, 7) is 0.425. The quantitative estimate of drug-likeness (QED) is 0.309. The molecule has 1 aliphatic heterocycles. The first-order valence-electron chi connectivity index (χ1n) is 10.3. The fourth-order valence-electron chi connectivity index (χ4n) is 3.51. The molecule has 164 valence electrons. The van der Waals surface area contributed by atoms with Gasteiger partial charge in [0.05, 0.1) is 18.5 Å². The third-order valence-corrected chi connectivity index (χ3v) is 5.10. The minimum Gasteiger partial charge on any atom is -0.457 e. The zero-order valence-corrected chi connectivity index (χ0v) is 17.5. The number of carbonyl (C=O) groups is 1. The molecule has 4 aromatic rings. The molecule has 1 aliphatic rings. The number of amidine groups is 1. The number of fused-ring (bicyclic) bond motifs is 1. The van der Waals surface area contributed by atoms with Gasteiger partial charge in [-0.1, -0.05) is 24.3 Å². The second-order valence-corrected chi connectivity index (χ2v) is 7.34. The summed E-state index contributed by atoms with van der Waals surface area (Å²) in [6.07, 6.45) is 1.56. The van der Waals surface area contributed by atoms with Crippen LogP contribution in [0.25, 0.3) is 0 Å².